The van der Waals surface area contributed by atoms with E-state index in [0.29, 0.717) is 6.92 Å². The largest absolute Gasteiger partial charge is 0.449 e. The van der Waals surface area contributed by atoms with Crippen LogP contribution in [0.2, 0.25) is 0 Å². The summed E-state index contributed by atoms with van der Waals surface area (Å²) < 4.78 is 228. The van der Waals surface area contributed by atoms with Gasteiger partial charge in [0.25, 0.3) is 0 Å². The summed E-state index contributed by atoms with van der Waals surface area (Å²) in [7, 11) is 0. The molecule has 0 saturated carbocycles. The molecule has 0 aromatic heterocycles. The molecule has 1 N–H and O–H groups in total. The van der Waals surface area contributed by atoms with E-state index in [1.54, 1.807) is 0 Å². The van der Waals surface area contributed by atoms with E-state index in [2.05, 4.69) is 9.47 Å². The van der Waals surface area contributed by atoms with Crippen LogP contribution in [0.1, 0.15) is 33.6 Å². The summed E-state index contributed by atoms with van der Waals surface area (Å²) in [6.07, 6.45) is -33.2. The van der Waals surface area contributed by atoms with Crippen LogP contribution in [0.5, 0.6) is 0 Å². The molecule has 0 amide bonds. The molecule has 0 aromatic rings. The molecule has 1 saturated heterocycles. The molecule has 0 aromatic carbocycles. The topological polar surface area (TPSA) is 55.8 Å². The Bertz CT molecular complexity index is 858. The SMILES string of the molecule is CCC(C)(C(=O)OC1(C(F)(F)F)C(F)(F)C(O)(C(F)(F)F)OC(CC)(C(F)(F)F)C1(F)F)C(F)(F)F. The number of halogens is 16. The third kappa shape index (κ3) is 3.63. The predicted octanol–water partition coefficient (Wildman–Crippen LogP) is 6.07. The average Bonchev–Trinajstić information content (AvgIpc) is 2.63. The minimum Gasteiger partial charge on any atom is -0.435 e. The van der Waals surface area contributed by atoms with Crippen LogP contribution in [0.25, 0.3) is 0 Å². The summed E-state index contributed by atoms with van der Waals surface area (Å²) >= 11 is 0. The highest BCUT2D eigenvalue weighted by molar-refractivity contribution is 5.78. The van der Waals surface area contributed by atoms with Crippen LogP contribution in [0.3, 0.4) is 0 Å². The molecule has 0 aliphatic carbocycles. The van der Waals surface area contributed by atoms with Crippen molar-refractivity contribution in [3.05, 3.63) is 0 Å². The number of carbonyl (C=O) groups is 1. The number of hydrogen-bond acceptors (Lipinski definition) is 4. The van der Waals surface area contributed by atoms with Crippen LogP contribution in [0.15, 0.2) is 0 Å². The first-order valence-corrected chi connectivity index (χ1v) is 9.14. The second-order valence-corrected chi connectivity index (χ2v) is 7.82. The smallest absolute Gasteiger partial charge is 0.435 e. The summed E-state index contributed by atoms with van der Waals surface area (Å²) in [4.78, 5) is 12.1. The van der Waals surface area contributed by atoms with E-state index >= 15 is 8.78 Å². The first kappa shape index (κ1) is 32.3. The quantitative estimate of drug-likeness (QED) is 0.327. The van der Waals surface area contributed by atoms with Gasteiger partial charge in [0, 0.05) is 0 Å². The van der Waals surface area contributed by atoms with Crippen molar-refractivity contribution in [1.82, 2.24) is 0 Å². The Hall–Kier alpha value is -1.73. The van der Waals surface area contributed by atoms with Gasteiger partial charge < -0.3 is 14.6 Å². The van der Waals surface area contributed by atoms with Gasteiger partial charge in [0.15, 0.2) is 5.41 Å². The lowest BCUT2D eigenvalue weighted by atomic mass is 9.69. The van der Waals surface area contributed by atoms with Gasteiger partial charge >= 0.3 is 53.9 Å². The van der Waals surface area contributed by atoms with Gasteiger partial charge in [-0.25, -0.2) is 0 Å². The minimum absolute atomic E-state index is 0.226. The van der Waals surface area contributed by atoms with E-state index in [1.807, 2.05) is 0 Å². The molecule has 36 heavy (non-hydrogen) atoms. The van der Waals surface area contributed by atoms with Crippen LogP contribution >= 0.6 is 0 Å². The Morgan fingerprint density at radius 3 is 1.44 bits per heavy atom. The molecule has 4 atom stereocenters. The lowest BCUT2D eigenvalue weighted by Gasteiger charge is -2.60. The zero-order valence-corrected chi connectivity index (χ0v) is 17.6. The number of alkyl halides is 16. The first-order chi connectivity index (χ1) is 15.5. The molecule has 0 radical (unpaired) electrons. The van der Waals surface area contributed by atoms with Gasteiger partial charge in [-0.15, -0.1) is 0 Å². The normalized spacial score (nSPS) is 33.1. The molecule has 20 heteroatoms. The zero-order chi connectivity index (χ0) is 29.4. The number of aliphatic hydroxyl groups is 1. The highest BCUT2D eigenvalue weighted by Gasteiger charge is 3.02. The van der Waals surface area contributed by atoms with E-state index in [4.69, 9.17) is 0 Å². The fourth-order valence-corrected chi connectivity index (χ4v) is 3.32. The van der Waals surface area contributed by atoms with Gasteiger partial charge in [0.1, 0.15) is 0 Å². The molecule has 1 aliphatic rings. The van der Waals surface area contributed by atoms with E-state index in [-0.39, 0.29) is 6.92 Å². The van der Waals surface area contributed by atoms with Crippen molar-refractivity contribution >= 4 is 5.97 Å². The number of rotatable bonds is 4. The molecule has 4 unspecified atom stereocenters. The summed E-state index contributed by atoms with van der Waals surface area (Å²) in [5, 5.41) is 9.39. The van der Waals surface area contributed by atoms with E-state index in [1.165, 1.54) is 0 Å². The lowest BCUT2D eigenvalue weighted by molar-refractivity contribution is -0.579. The third-order valence-corrected chi connectivity index (χ3v) is 5.91. The summed E-state index contributed by atoms with van der Waals surface area (Å²) in [6, 6.07) is 0. The van der Waals surface area contributed by atoms with Crippen LogP contribution < -0.4 is 0 Å². The van der Waals surface area contributed by atoms with Crippen LogP contribution in [-0.2, 0) is 14.3 Å². The van der Waals surface area contributed by atoms with Crippen molar-refractivity contribution in [2.75, 3.05) is 0 Å². The van der Waals surface area contributed by atoms with Crippen molar-refractivity contribution in [2.24, 2.45) is 5.41 Å². The summed E-state index contributed by atoms with van der Waals surface area (Å²) in [5.41, 5.74) is -18.5. The molecular formula is C16H14F16O4. The Morgan fingerprint density at radius 1 is 0.778 bits per heavy atom. The second-order valence-electron chi connectivity index (χ2n) is 7.82. The molecule has 1 heterocycles. The first-order valence-electron chi connectivity index (χ1n) is 9.14. The van der Waals surface area contributed by atoms with Crippen molar-refractivity contribution in [3.8, 4) is 0 Å². The molecule has 4 nitrogen and oxygen atoms in total. The molecule has 214 valence electrons. The number of hydrogen-bond donors (Lipinski definition) is 1. The third-order valence-electron chi connectivity index (χ3n) is 5.91. The Balaban J connectivity index is 4.40. The molecule has 0 bridgehead atoms. The fourth-order valence-electron chi connectivity index (χ4n) is 3.32. The Kier molecular flexibility index (Phi) is 7.30. The van der Waals surface area contributed by atoms with Gasteiger partial charge in [-0.2, -0.15) is 70.2 Å². The van der Waals surface area contributed by atoms with Gasteiger partial charge in [-0.05, 0) is 19.8 Å². The Morgan fingerprint density at radius 2 is 1.19 bits per heavy atom. The van der Waals surface area contributed by atoms with E-state index in [0.717, 1.165) is 0 Å². The summed E-state index contributed by atoms with van der Waals surface area (Å²) in [6.45, 7) is -0.300. The number of ether oxygens (including phenoxy) is 2. The van der Waals surface area contributed by atoms with Crippen LogP contribution in [0, 0.1) is 5.41 Å². The van der Waals surface area contributed by atoms with Crippen molar-refractivity contribution in [3.63, 3.8) is 0 Å². The van der Waals surface area contributed by atoms with Crippen molar-refractivity contribution in [1.29, 1.82) is 0 Å². The van der Waals surface area contributed by atoms with Crippen molar-refractivity contribution < 1.29 is 89.6 Å². The molecule has 1 fully saturated rings. The van der Waals surface area contributed by atoms with Crippen LogP contribution in [-0.4, -0.2) is 64.6 Å². The monoisotopic (exact) mass is 574 g/mol. The van der Waals surface area contributed by atoms with E-state index < -0.39 is 84.7 Å². The van der Waals surface area contributed by atoms with Gasteiger partial charge in [0.05, 0.1) is 0 Å². The highest BCUT2D eigenvalue weighted by atomic mass is 19.4. The van der Waals surface area contributed by atoms with Gasteiger partial charge in [-0.3, -0.25) is 4.79 Å². The molecule has 0 spiro atoms. The van der Waals surface area contributed by atoms with Gasteiger partial charge in [0.2, 0.25) is 5.60 Å². The maximum atomic E-state index is 15.1. The lowest BCUT2D eigenvalue weighted by Crippen LogP contribution is -2.91. The number of esters is 1. The maximum Gasteiger partial charge on any atom is 0.449 e. The van der Waals surface area contributed by atoms with Crippen LogP contribution in [0.4, 0.5) is 70.2 Å². The summed E-state index contributed by atoms with van der Waals surface area (Å²) in [5.74, 6) is -26.2. The second kappa shape index (κ2) is 8.13. The fraction of sp³-hybridized carbons (Fsp3) is 0.938. The molecule has 1 rings (SSSR count). The minimum atomic E-state index is -7.90. The highest BCUT2D eigenvalue weighted by Crippen LogP contribution is 2.70. The van der Waals surface area contributed by atoms with Gasteiger partial charge in [-0.1, -0.05) is 13.8 Å². The maximum absolute atomic E-state index is 15.1. The Labute approximate surface area is 189 Å². The molecular weight excluding hydrogens is 560 g/mol. The standard InChI is InChI=1S/C16H14F16O4/c1-4-7(3,13(21,22)23)6(33)35-9(15(27,28)29)10(17,18)8(5-2,14(24,25)26)36-12(34,11(9,19)20)16(30,31)32/h34H,4-5H2,1-3H3. The average molecular weight is 574 g/mol. The predicted molar refractivity (Wildman–Crippen MR) is 80.4 cm³/mol. The number of carbonyl (C=O) groups excluding carboxylic acids is 1. The van der Waals surface area contributed by atoms with E-state index in [9.17, 15) is 71.4 Å². The molecule has 1 aliphatic heterocycles. The zero-order valence-electron chi connectivity index (χ0n) is 17.6. The van der Waals surface area contributed by atoms with Crippen molar-refractivity contribution in [2.45, 2.75) is 87.2 Å².